The highest BCUT2D eigenvalue weighted by Crippen LogP contribution is 2.25. The minimum absolute atomic E-state index is 0.0404. The molecule has 2 heterocycles. The molecule has 8 heteroatoms. The summed E-state index contributed by atoms with van der Waals surface area (Å²) < 4.78 is 0. The maximum Gasteiger partial charge on any atom is 0.324 e. The molecule has 2 aromatic heterocycles. The summed E-state index contributed by atoms with van der Waals surface area (Å²) in [5.74, 6) is 0.400. The molecule has 0 bridgehead atoms. The van der Waals surface area contributed by atoms with Crippen LogP contribution in [0.5, 0.6) is 0 Å². The molecule has 0 unspecified atom stereocenters. The van der Waals surface area contributed by atoms with Crippen LogP contribution in [0.4, 0.5) is 10.7 Å². The molecule has 2 aromatic carbocycles. The number of aromatic amines is 1. The smallest absolute Gasteiger partial charge is 0.324 e. The SMILES string of the molecule is O=C(C=Cc1ccc([N+](=O)[O-])s1)Nc1cccc(-c2nc3ccccc3[nH]2)c1. The molecule has 2 N–H and O–H groups in total. The van der Waals surface area contributed by atoms with Gasteiger partial charge < -0.3 is 10.3 Å². The first kappa shape index (κ1) is 17.6. The van der Waals surface area contributed by atoms with Gasteiger partial charge in [-0.3, -0.25) is 14.9 Å². The maximum absolute atomic E-state index is 12.2. The van der Waals surface area contributed by atoms with Gasteiger partial charge in [-0.05, 0) is 36.4 Å². The zero-order valence-electron chi connectivity index (χ0n) is 14.5. The largest absolute Gasteiger partial charge is 0.338 e. The number of nitrogens with zero attached hydrogens (tertiary/aromatic N) is 2. The molecular weight excluding hydrogens is 376 g/mol. The lowest BCUT2D eigenvalue weighted by atomic mass is 10.2. The molecule has 1 amide bonds. The van der Waals surface area contributed by atoms with Crippen LogP contribution >= 0.6 is 11.3 Å². The van der Waals surface area contributed by atoms with Gasteiger partial charge in [0.1, 0.15) is 5.82 Å². The molecule has 28 heavy (non-hydrogen) atoms. The van der Waals surface area contributed by atoms with Crippen molar-refractivity contribution in [3.8, 4) is 11.4 Å². The van der Waals surface area contributed by atoms with Gasteiger partial charge in [-0.1, -0.05) is 35.6 Å². The van der Waals surface area contributed by atoms with E-state index in [-0.39, 0.29) is 10.9 Å². The van der Waals surface area contributed by atoms with Gasteiger partial charge in [0, 0.05) is 28.3 Å². The van der Waals surface area contributed by atoms with Gasteiger partial charge in [0.05, 0.1) is 16.0 Å². The standard InChI is InChI=1S/C20H14N4O3S/c25-18(10-8-15-9-11-19(28-15)24(26)27)21-14-5-3-4-13(12-14)20-22-16-6-1-2-7-17(16)23-20/h1-12H,(H,21,25)(H,22,23). The van der Waals surface area contributed by atoms with E-state index < -0.39 is 4.92 Å². The Morgan fingerprint density at radius 1 is 1.14 bits per heavy atom. The number of hydrogen-bond acceptors (Lipinski definition) is 5. The fraction of sp³-hybridized carbons (Fsp3) is 0. The normalized spacial score (nSPS) is 11.1. The van der Waals surface area contributed by atoms with E-state index in [0.29, 0.717) is 10.6 Å². The van der Waals surface area contributed by atoms with Crippen LogP contribution in [0.1, 0.15) is 4.88 Å². The molecule has 0 saturated heterocycles. The van der Waals surface area contributed by atoms with Crippen LogP contribution in [0.15, 0.2) is 66.7 Å². The first-order chi connectivity index (χ1) is 13.6. The van der Waals surface area contributed by atoms with E-state index in [2.05, 4.69) is 15.3 Å². The predicted octanol–water partition coefficient (Wildman–Crippen LogP) is 4.85. The average Bonchev–Trinajstić information content (AvgIpc) is 3.34. The topological polar surface area (TPSA) is 101 Å². The fourth-order valence-corrected chi connectivity index (χ4v) is 3.43. The van der Waals surface area contributed by atoms with Crippen molar-refractivity contribution in [2.45, 2.75) is 0 Å². The number of nitro groups is 1. The molecule has 7 nitrogen and oxygen atoms in total. The number of para-hydroxylation sites is 2. The van der Waals surface area contributed by atoms with Gasteiger partial charge in [-0.15, -0.1) is 0 Å². The van der Waals surface area contributed by atoms with Crippen LogP contribution in [-0.4, -0.2) is 20.8 Å². The summed E-state index contributed by atoms with van der Waals surface area (Å²) in [5, 5.41) is 13.5. The number of anilines is 1. The molecule has 0 saturated carbocycles. The molecule has 0 spiro atoms. The minimum atomic E-state index is -0.453. The summed E-state index contributed by atoms with van der Waals surface area (Å²) in [6.45, 7) is 0. The van der Waals surface area contributed by atoms with Crippen molar-refractivity contribution in [2.75, 3.05) is 5.32 Å². The zero-order chi connectivity index (χ0) is 19.5. The summed E-state index contributed by atoms with van der Waals surface area (Å²) in [6, 6.07) is 18.1. The third-order valence-electron chi connectivity index (χ3n) is 3.98. The van der Waals surface area contributed by atoms with Crippen molar-refractivity contribution in [2.24, 2.45) is 0 Å². The Labute approximate surface area is 163 Å². The number of nitrogens with one attached hydrogen (secondary N) is 2. The van der Waals surface area contributed by atoms with Gasteiger partial charge >= 0.3 is 5.00 Å². The third-order valence-corrected chi connectivity index (χ3v) is 4.99. The Bertz CT molecular complexity index is 1180. The van der Waals surface area contributed by atoms with Gasteiger partial charge in [-0.25, -0.2) is 4.98 Å². The summed E-state index contributed by atoms with van der Waals surface area (Å²) >= 11 is 1.01. The van der Waals surface area contributed by atoms with Crippen molar-refractivity contribution < 1.29 is 9.72 Å². The highest BCUT2D eigenvalue weighted by molar-refractivity contribution is 7.16. The molecule has 0 atom stereocenters. The number of H-pyrrole nitrogens is 1. The second kappa shape index (κ2) is 7.45. The molecule has 4 rings (SSSR count). The van der Waals surface area contributed by atoms with Crippen LogP contribution in [0.3, 0.4) is 0 Å². The lowest BCUT2D eigenvalue weighted by Gasteiger charge is -2.04. The van der Waals surface area contributed by atoms with Crippen molar-refractivity contribution in [1.82, 2.24) is 9.97 Å². The minimum Gasteiger partial charge on any atom is -0.338 e. The van der Waals surface area contributed by atoms with Crippen LogP contribution < -0.4 is 5.32 Å². The van der Waals surface area contributed by atoms with Crippen molar-refractivity contribution in [3.05, 3.63) is 81.7 Å². The second-order valence-corrected chi connectivity index (χ2v) is 7.03. The van der Waals surface area contributed by atoms with Gasteiger partial charge in [0.15, 0.2) is 0 Å². The van der Waals surface area contributed by atoms with E-state index >= 15 is 0 Å². The Balaban J connectivity index is 1.48. The highest BCUT2D eigenvalue weighted by atomic mass is 32.1. The van der Waals surface area contributed by atoms with Crippen molar-refractivity contribution >= 4 is 45.0 Å². The lowest BCUT2D eigenvalue weighted by molar-refractivity contribution is -0.380. The monoisotopic (exact) mass is 390 g/mol. The summed E-state index contributed by atoms with van der Waals surface area (Å²) in [6.07, 6.45) is 2.90. The second-order valence-electron chi connectivity index (χ2n) is 5.94. The Morgan fingerprint density at radius 3 is 2.79 bits per heavy atom. The van der Waals surface area contributed by atoms with Crippen LogP contribution in [0, 0.1) is 10.1 Å². The quantitative estimate of drug-likeness (QED) is 0.289. The number of aromatic nitrogens is 2. The van der Waals surface area contributed by atoms with E-state index in [1.54, 1.807) is 18.2 Å². The number of carbonyl (C=O) groups excluding carboxylic acids is 1. The molecule has 0 aliphatic carbocycles. The van der Waals surface area contributed by atoms with Crippen molar-refractivity contribution in [1.29, 1.82) is 0 Å². The number of benzene rings is 2. The average molecular weight is 390 g/mol. The lowest BCUT2D eigenvalue weighted by Crippen LogP contribution is -2.07. The zero-order valence-corrected chi connectivity index (χ0v) is 15.3. The van der Waals surface area contributed by atoms with E-state index in [1.807, 2.05) is 42.5 Å². The number of thiophene rings is 1. The number of amides is 1. The number of imidazole rings is 1. The van der Waals surface area contributed by atoms with E-state index in [4.69, 9.17) is 0 Å². The van der Waals surface area contributed by atoms with E-state index in [1.165, 1.54) is 12.1 Å². The molecular formula is C20H14N4O3S. The van der Waals surface area contributed by atoms with Crippen LogP contribution in [-0.2, 0) is 4.79 Å². The molecule has 4 aromatic rings. The summed E-state index contributed by atoms with van der Waals surface area (Å²) in [7, 11) is 0. The third kappa shape index (κ3) is 3.81. The molecule has 0 aliphatic rings. The number of carbonyl (C=O) groups is 1. The molecule has 0 radical (unpaired) electrons. The Morgan fingerprint density at radius 2 is 2.00 bits per heavy atom. The fourth-order valence-electron chi connectivity index (χ4n) is 2.71. The van der Waals surface area contributed by atoms with Gasteiger partial charge in [0.25, 0.3) is 0 Å². The maximum atomic E-state index is 12.2. The van der Waals surface area contributed by atoms with E-state index in [0.717, 1.165) is 33.8 Å². The summed E-state index contributed by atoms with van der Waals surface area (Å²) in [5.41, 5.74) is 3.30. The molecule has 0 fully saturated rings. The Hall–Kier alpha value is -3.78. The summed E-state index contributed by atoms with van der Waals surface area (Å²) in [4.78, 5) is 30.9. The van der Waals surface area contributed by atoms with Crippen LogP contribution in [0.25, 0.3) is 28.5 Å². The molecule has 0 aliphatic heterocycles. The highest BCUT2D eigenvalue weighted by Gasteiger charge is 2.09. The number of hydrogen-bond donors (Lipinski definition) is 2. The van der Waals surface area contributed by atoms with Gasteiger partial charge in [0.2, 0.25) is 5.91 Å². The van der Waals surface area contributed by atoms with Crippen LogP contribution in [0.2, 0.25) is 0 Å². The van der Waals surface area contributed by atoms with Crippen molar-refractivity contribution in [3.63, 3.8) is 0 Å². The molecule has 138 valence electrons. The number of fused-ring (bicyclic) bond motifs is 1. The first-order valence-corrected chi connectivity index (χ1v) is 9.18. The predicted molar refractivity (Wildman–Crippen MR) is 110 cm³/mol. The van der Waals surface area contributed by atoms with E-state index in [9.17, 15) is 14.9 Å². The first-order valence-electron chi connectivity index (χ1n) is 8.37. The van der Waals surface area contributed by atoms with Gasteiger partial charge in [-0.2, -0.15) is 0 Å². The number of rotatable bonds is 5. The Kier molecular flexibility index (Phi) is 4.69.